The highest BCUT2D eigenvalue weighted by molar-refractivity contribution is 7.89. The first-order valence-electron chi connectivity index (χ1n) is 10.3. The predicted molar refractivity (Wildman–Crippen MR) is 110 cm³/mol. The second-order valence-electron chi connectivity index (χ2n) is 7.91. The van der Waals surface area contributed by atoms with Crippen LogP contribution in [0.3, 0.4) is 0 Å². The molecule has 156 valence electrons. The van der Waals surface area contributed by atoms with Crippen LogP contribution in [-0.4, -0.2) is 34.7 Å². The number of carbonyl (C=O) groups excluding carboxylic acids is 1. The second-order valence-corrected chi connectivity index (χ2v) is 9.85. The largest absolute Gasteiger partial charge is 0.349 e. The van der Waals surface area contributed by atoms with E-state index >= 15 is 0 Å². The molecule has 29 heavy (non-hydrogen) atoms. The summed E-state index contributed by atoms with van der Waals surface area (Å²) in [5.41, 5.74) is 2.90. The highest BCUT2D eigenvalue weighted by Gasteiger charge is 2.32. The van der Waals surface area contributed by atoms with E-state index in [4.69, 9.17) is 4.98 Å². The van der Waals surface area contributed by atoms with Gasteiger partial charge in [0.1, 0.15) is 5.82 Å². The van der Waals surface area contributed by atoms with E-state index < -0.39 is 10.0 Å². The van der Waals surface area contributed by atoms with Gasteiger partial charge in [0.15, 0.2) is 0 Å². The Bertz CT molecular complexity index is 1010. The van der Waals surface area contributed by atoms with Gasteiger partial charge in [-0.15, -0.1) is 0 Å². The van der Waals surface area contributed by atoms with Crippen molar-refractivity contribution in [1.82, 2.24) is 19.2 Å². The number of hydrogen-bond acceptors (Lipinski definition) is 4. The van der Waals surface area contributed by atoms with E-state index in [1.165, 1.54) is 4.31 Å². The third-order valence-electron chi connectivity index (χ3n) is 6.03. The molecular formula is C21H28N4O3S. The highest BCUT2D eigenvalue weighted by Crippen LogP contribution is 2.28. The molecule has 1 N–H and O–H groups in total. The van der Waals surface area contributed by atoms with E-state index in [1.54, 1.807) is 12.1 Å². The van der Waals surface area contributed by atoms with E-state index in [0.717, 1.165) is 42.0 Å². The second kappa shape index (κ2) is 7.91. The number of aromatic nitrogens is 2. The molecule has 0 atom stereocenters. The maximum Gasteiger partial charge on any atom is 0.243 e. The fourth-order valence-electron chi connectivity index (χ4n) is 4.00. The van der Waals surface area contributed by atoms with Crippen LogP contribution in [0.4, 0.5) is 0 Å². The zero-order valence-electron chi connectivity index (χ0n) is 17.0. The minimum Gasteiger partial charge on any atom is -0.349 e. The van der Waals surface area contributed by atoms with Crippen LogP contribution in [0.15, 0.2) is 29.2 Å². The van der Waals surface area contributed by atoms with Crippen molar-refractivity contribution in [3.8, 4) is 0 Å². The quantitative estimate of drug-likeness (QED) is 0.784. The summed E-state index contributed by atoms with van der Waals surface area (Å²) >= 11 is 0. The van der Waals surface area contributed by atoms with Gasteiger partial charge >= 0.3 is 0 Å². The van der Waals surface area contributed by atoms with E-state index in [9.17, 15) is 13.2 Å². The molecule has 2 aliphatic rings. The fraction of sp³-hybridized carbons (Fsp3) is 0.524. The zero-order valence-corrected chi connectivity index (χ0v) is 17.8. The van der Waals surface area contributed by atoms with Gasteiger partial charge < -0.3 is 9.88 Å². The van der Waals surface area contributed by atoms with E-state index in [2.05, 4.69) is 5.32 Å². The molecule has 0 radical (unpaired) electrons. The lowest BCUT2D eigenvalue weighted by atomic mass is 9.85. The molecule has 8 heteroatoms. The van der Waals surface area contributed by atoms with Gasteiger partial charge in [0.2, 0.25) is 15.9 Å². The molecule has 4 rings (SSSR count). The summed E-state index contributed by atoms with van der Waals surface area (Å²) in [6.45, 7) is 5.76. The summed E-state index contributed by atoms with van der Waals surface area (Å²) in [6, 6.07) is 6.97. The van der Waals surface area contributed by atoms with Gasteiger partial charge in [-0.2, -0.15) is 4.31 Å². The minimum absolute atomic E-state index is 0.100. The number of aryl methyl sites for hydroxylation is 1. The lowest BCUT2D eigenvalue weighted by Crippen LogP contribution is -2.37. The molecule has 1 saturated carbocycles. The van der Waals surface area contributed by atoms with Gasteiger partial charge in [-0.05, 0) is 38.8 Å². The number of benzene rings is 1. The maximum absolute atomic E-state index is 13.1. The van der Waals surface area contributed by atoms with Gasteiger partial charge in [0.05, 0.1) is 29.4 Å². The Morgan fingerprint density at radius 3 is 2.59 bits per heavy atom. The number of nitrogens with one attached hydrogen (secondary N) is 1. The molecule has 2 aromatic rings. The molecule has 1 aromatic carbocycles. The van der Waals surface area contributed by atoms with Gasteiger partial charge in [0, 0.05) is 25.4 Å². The molecule has 1 amide bonds. The Balaban J connectivity index is 1.53. The number of amides is 1. The maximum atomic E-state index is 13.1. The monoisotopic (exact) mass is 416 g/mol. The number of carbonyl (C=O) groups is 1. The minimum atomic E-state index is -3.55. The van der Waals surface area contributed by atoms with Crippen molar-refractivity contribution in [3.63, 3.8) is 0 Å². The Kier molecular flexibility index (Phi) is 5.48. The first kappa shape index (κ1) is 20.1. The normalized spacial score (nSPS) is 17.6. The summed E-state index contributed by atoms with van der Waals surface area (Å²) < 4.78 is 29.7. The van der Waals surface area contributed by atoms with E-state index in [0.29, 0.717) is 37.5 Å². The number of hydrogen-bond donors (Lipinski definition) is 1. The molecule has 2 heterocycles. The molecule has 0 saturated heterocycles. The standard InChI is InChI=1S/C21H28N4O3S/c1-3-25-19-14-24(29(27,28)17-9-7-15(2)8-10-17)12-11-18(19)23-20(25)13-22-21(26)16-5-4-6-16/h7-10,16H,3-6,11-14H2,1-2H3,(H,22,26). The average Bonchev–Trinajstić information content (AvgIpc) is 3.02. The third kappa shape index (κ3) is 3.83. The van der Waals surface area contributed by atoms with Crippen LogP contribution in [-0.2, 0) is 40.9 Å². The first-order valence-corrected chi connectivity index (χ1v) is 11.8. The Morgan fingerprint density at radius 1 is 1.24 bits per heavy atom. The molecular weight excluding hydrogens is 388 g/mol. The molecule has 1 aliphatic heterocycles. The molecule has 7 nitrogen and oxygen atoms in total. The van der Waals surface area contributed by atoms with Crippen molar-refractivity contribution in [2.75, 3.05) is 6.54 Å². The third-order valence-corrected chi connectivity index (χ3v) is 7.89. The molecule has 1 aliphatic carbocycles. The Hall–Kier alpha value is -2.19. The summed E-state index contributed by atoms with van der Waals surface area (Å²) in [5.74, 6) is 1.05. The van der Waals surface area contributed by atoms with E-state index in [1.807, 2.05) is 30.5 Å². The fourth-order valence-corrected chi connectivity index (χ4v) is 5.40. The molecule has 0 spiro atoms. The molecule has 1 aromatic heterocycles. The first-order chi connectivity index (χ1) is 13.9. The predicted octanol–water partition coefficient (Wildman–Crippen LogP) is 2.37. The van der Waals surface area contributed by atoms with Gasteiger partial charge in [-0.3, -0.25) is 4.79 Å². The number of imidazole rings is 1. The van der Waals surface area contributed by atoms with Crippen LogP contribution in [0.5, 0.6) is 0 Å². The van der Waals surface area contributed by atoms with Crippen LogP contribution in [0.2, 0.25) is 0 Å². The van der Waals surface area contributed by atoms with Crippen molar-refractivity contribution in [2.24, 2.45) is 5.92 Å². The number of rotatable bonds is 6. The van der Waals surface area contributed by atoms with Crippen molar-refractivity contribution >= 4 is 15.9 Å². The zero-order chi connectivity index (χ0) is 20.6. The number of sulfonamides is 1. The van der Waals surface area contributed by atoms with Crippen molar-refractivity contribution in [3.05, 3.63) is 47.0 Å². The van der Waals surface area contributed by atoms with Crippen molar-refractivity contribution in [1.29, 1.82) is 0 Å². The van der Waals surface area contributed by atoms with Crippen LogP contribution in [0.25, 0.3) is 0 Å². The number of nitrogens with zero attached hydrogens (tertiary/aromatic N) is 3. The van der Waals surface area contributed by atoms with E-state index in [-0.39, 0.29) is 11.8 Å². The Morgan fingerprint density at radius 2 is 1.97 bits per heavy atom. The lowest BCUT2D eigenvalue weighted by molar-refractivity contribution is -0.127. The van der Waals surface area contributed by atoms with Crippen molar-refractivity contribution < 1.29 is 13.2 Å². The van der Waals surface area contributed by atoms with Crippen LogP contribution in [0, 0.1) is 12.8 Å². The summed E-state index contributed by atoms with van der Waals surface area (Å²) in [6.07, 6.45) is 3.64. The summed E-state index contributed by atoms with van der Waals surface area (Å²) in [5, 5.41) is 3.00. The van der Waals surface area contributed by atoms with Gasteiger partial charge in [0.25, 0.3) is 0 Å². The topological polar surface area (TPSA) is 84.3 Å². The number of fused-ring (bicyclic) bond motifs is 1. The molecule has 0 bridgehead atoms. The summed E-state index contributed by atoms with van der Waals surface area (Å²) in [7, 11) is -3.55. The van der Waals surface area contributed by atoms with Crippen LogP contribution in [0.1, 0.15) is 49.0 Å². The van der Waals surface area contributed by atoms with Crippen molar-refractivity contribution in [2.45, 2.75) is 64.1 Å². The summed E-state index contributed by atoms with van der Waals surface area (Å²) in [4.78, 5) is 17.2. The molecule has 0 unspecified atom stereocenters. The van der Waals surface area contributed by atoms with Crippen LogP contribution < -0.4 is 5.32 Å². The smallest absolute Gasteiger partial charge is 0.243 e. The lowest BCUT2D eigenvalue weighted by Gasteiger charge is -2.27. The van der Waals surface area contributed by atoms with Crippen LogP contribution >= 0.6 is 0 Å². The highest BCUT2D eigenvalue weighted by atomic mass is 32.2. The van der Waals surface area contributed by atoms with Gasteiger partial charge in [-0.1, -0.05) is 24.1 Å². The average molecular weight is 417 g/mol. The molecule has 1 fully saturated rings. The Labute approximate surface area is 172 Å². The van der Waals surface area contributed by atoms with Gasteiger partial charge in [-0.25, -0.2) is 13.4 Å². The SMILES string of the molecule is CCn1c(CNC(=O)C2CCC2)nc2c1CN(S(=O)(=O)c1ccc(C)cc1)CC2.